The number of carbonyl (C=O) groups excluding carboxylic acids is 2. The zero-order chi connectivity index (χ0) is 20.9. The Bertz CT molecular complexity index is 890. The fourth-order valence-corrected chi connectivity index (χ4v) is 4.04. The average molecular weight is 405 g/mol. The lowest BCUT2D eigenvalue weighted by molar-refractivity contribution is -0.141. The number of ether oxygens (including phenoxy) is 1. The van der Waals surface area contributed by atoms with Crippen LogP contribution in [0.15, 0.2) is 67.3 Å². The molecule has 2 heterocycles. The fraction of sp³-hybridized carbons (Fsp3) is 0.333. The van der Waals surface area contributed by atoms with Crippen molar-refractivity contribution < 1.29 is 14.3 Å². The van der Waals surface area contributed by atoms with Crippen LogP contribution in [0.1, 0.15) is 6.42 Å². The minimum absolute atomic E-state index is 0.0372. The summed E-state index contributed by atoms with van der Waals surface area (Å²) in [6.07, 6.45) is 2.44. The maximum Gasteiger partial charge on any atom is 0.239 e. The van der Waals surface area contributed by atoms with Gasteiger partial charge in [0.2, 0.25) is 11.8 Å². The van der Waals surface area contributed by atoms with Gasteiger partial charge in [0.15, 0.2) is 0 Å². The Morgan fingerprint density at radius 2 is 1.63 bits per heavy atom. The van der Waals surface area contributed by atoms with Crippen molar-refractivity contribution in [1.29, 1.82) is 0 Å². The lowest BCUT2D eigenvalue weighted by Crippen LogP contribution is -2.51. The normalized spacial score (nSPS) is 19.7. The molecular formula is C24H27N3O3. The van der Waals surface area contributed by atoms with Crippen molar-refractivity contribution in [2.45, 2.75) is 6.42 Å². The van der Waals surface area contributed by atoms with E-state index in [-0.39, 0.29) is 11.8 Å². The van der Waals surface area contributed by atoms with Crippen LogP contribution in [-0.4, -0.2) is 60.9 Å². The number of nitrogens with zero attached hydrogens (tertiary/aromatic N) is 3. The Labute approximate surface area is 177 Å². The van der Waals surface area contributed by atoms with Crippen LogP contribution in [0.4, 0.5) is 5.69 Å². The van der Waals surface area contributed by atoms with Gasteiger partial charge < -0.3 is 14.5 Å². The molecule has 2 amide bonds. The van der Waals surface area contributed by atoms with E-state index in [4.69, 9.17) is 4.74 Å². The van der Waals surface area contributed by atoms with E-state index in [2.05, 4.69) is 11.5 Å². The summed E-state index contributed by atoms with van der Waals surface area (Å²) in [5.74, 6) is 0.759. The molecule has 0 bridgehead atoms. The molecule has 0 radical (unpaired) electrons. The van der Waals surface area contributed by atoms with Gasteiger partial charge in [-0.1, -0.05) is 24.3 Å². The molecule has 0 saturated carbocycles. The van der Waals surface area contributed by atoms with Crippen molar-refractivity contribution in [1.82, 2.24) is 9.80 Å². The highest BCUT2D eigenvalue weighted by atomic mass is 16.5. The number of benzene rings is 2. The fourth-order valence-electron chi connectivity index (χ4n) is 4.04. The first-order chi connectivity index (χ1) is 14.7. The van der Waals surface area contributed by atoms with Crippen LogP contribution in [0.5, 0.6) is 11.5 Å². The molecule has 1 atom stereocenters. The molecule has 0 N–H and O–H groups in total. The van der Waals surface area contributed by atoms with E-state index >= 15 is 0 Å². The van der Waals surface area contributed by atoms with Crippen LogP contribution >= 0.6 is 0 Å². The average Bonchev–Trinajstić information content (AvgIpc) is 3.16. The molecule has 2 saturated heterocycles. The first-order valence-corrected chi connectivity index (χ1v) is 10.4. The summed E-state index contributed by atoms with van der Waals surface area (Å²) in [5.41, 5.74) is 0.798. The number of piperazine rings is 1. The first-order valence-electron chi connectivity index (χ1n) is 10.4. The number of hydrogen-bond acceptors (Lipinski definition) is 4. The number of hydrogen-bond donors (Lipinski definition) is 0. The third-order valence-electron chi connectivity index (χ3n) is 5.70. The quantitative estimate of drug-likeness (QED) is 0.547. The van der Waals surface area contributed by atoms with E-state index in [1.807, 2.05) is 65.6 Å². The summed E-state index contributed by atoms with van der Waals surface area (Å²) in [5, 5.41) is 0. The van der Waals surface area contributed by atoms with E-state index in [1.165, 1.54) is 0 Å². The van der Waals surface area contributed by atoms with Gasteiger partial charge in [0.1, 0.15) is 17.4 Å². The Hall–Kier alpha value is -3.12. The summed E-state index contributed by atoms with van der Waals surface area (Å²) in [4.78, 5) is 31.7. The van der Waals surface area contributed by atoms with E-state index in [1.54, 1.807) is 4.90 Å². The van der Waals surface area contributed by atoms with Gasteiger partial charge in [-0.15, -0.1) is 6.58 Å². The van der Waals surface area contributed by atoms with Gasteiger partial charge in [-0.05, 0) is 42.8 Å². The molecule has 1 unspecified atom stereocenters. The van der Waals surface area contributed by atoms with Crippen LogP contribution in [0.3, 0.4) is 0 Å². The van der Waals surface area contributed by atoms with E-state index in [9.17, 15) is 9.59 Å². The van der Waals surface area contributed by atoms with Crippen molar-refractivity contribution in [3.05, 3.63) is 67.3 Å². The predicted octanol–water partition coefficient (Wildman–Crippen LogP) is 3.16. The highest BCUT2D eigenvalue weighted by Gasteiger charge is 2.40. The molecule has 2 aromatic rings. The van der Waals surface area contributed by atoms with Gasteiger partial charge in [0, 0.05) is 45.0 Å². The van der Waals surface area contributed by atoms with Crippen molar-refractivity contribution in [3.63, 3.8) is 0 Å². The minimum Gasteiger partial charge on any atom is -0.457 e. The molecule has 4 rings (SSSR count). The van der Waals surface area contributed by atoms with Crippen LogP contribution in [0.2, 0.25) is 0 Å². The Morgan fingerprint density at radius 3 is 2.30 bits per heavy atom. The molecule has 2 fully saturated rings. The molecule has 2 aliphatic heterocycles. The second-order valence-electron chi connectivity index (χ2n) is 7.65. The van der Waals surface area contributed by atoms with Gasteiger partial charge in [-0.3, -0.25) is 14.5 Å². The van der Waals surface area contributed by atoms with Gasteiger partial charge >= 0.3 is 0 Å². The van der Waals surface area contributed by atoms with E-state index in [0.717, 1.165) is 31.1 Å². The number of para-hydroxylation sites is 1. The number of rotatable bonds is 6. The molecule has 0 spiro atoms. The van der Waals surface area contributed by atoms with Crippen molar-refractivity contribution in [3.8, 4) is 11.5 Å². The van der Waals surface area contributed by atoms with Gasteiger partial charge in [-0.2, -0.15) is 0 Å². The molecule has 0 aromatic heterocycles. The standard InChI is InChI=1S/C24H27N3O3/c1-2-13-25-15-17-26(18-16-25)23(28)22-12-14-27(24(22)29)19-8-10-21(11-9-19)30-20-6-4-3-5-7-20/h2-11,22H,1,12-18H2. The second kappa shape index (κ2) is 9.13. The maximum absolute atomic E-state index is 13.0. The lowest BCUT2D eigenvalue weighted by Gasteiger charge is -2.35. The zero-order valence-corrected chi connectivity index (χ0v) is 17.1. The first kappa shape index (κ1) is 20.2. The third kappa shape index (κ3) is 4.39. The van der Waals surface area contributed by atoms with Gasteiger partial charge in [0.05, 0.1) is 0 Å². The zero-order valence-electron chi connectivity index (χ0n) is 17.1. The number of amides is 2. The Balaban J connectivity index is 1.36. The van der Waals surface area contributed by atoms with Crippen LogP contribution < -0.4 is 9.64 Å². The van der Waals surface area contributed by atoms with Crippen LogP contribution in [0, 0.1) is 5.92 Å². The van der Waals surface area contributed by atoms with Gasteiger partial charge in [-0.25, -0.2) is 0 Å². The number of anilines is 1. The Morgan fingerprint density at radius 1 is 0.967 bits per heavy atom. The molecule has 6 nitrogen and oxygen atoms in total. The van der Waals surface area contributed by atoms with Crippen LogP contribution in [-0.2, 0) is 9.59 Å². The van der Waals surface area contributed by atoms with Gasteiger partial charge in [0.25, 0.3) is 0 Å². The molecule has 156 valence electrons. The highest BCUT2D eigenvalue weighted by Crippen LogP contribution is 2.29. The topological polar surface area (TPSA) is 53.1 Å². The van der Waals surface area contributed by atoms with Crippen molar-refractivity contribution in [2.75, 3.05) is 44.2 Å². The monoisotopic (exact) mass is 405 g/mol. The summed E-state index contributed by atoms with van der Waals surface area (Å²) in [7, 11) is 0. The van der Waals surface area contributed by atoms with E-state index < -0.39 is 5.92 Å². The minimum atomic E-state index is -0.573. The van der Waals surface area contributed by atoms with Crippen molar-refractivity contribution >= 4 is 17.5 Å². The summed E-state index contributed by atoms with van der Waals surface area (Å²) >= 11 is 0. The summed E-state index contributed by atoms with van der Waals surface area (Å²) < 4.78 is 5.81. The van der Waals surface area contributed by atoms with E-state index in [0.29, 0.717) is 31.8 Å². The molecule has 2 aromatic carbocycles. The van der Waals surface area contributed by atoms with Crippen molar-refractivity contribution in [2.24, 2.45) is 5.92 Å². The summed E-state index contributed by atoms with van der Waals surface area (Å²) in [6.45, 7) is 8.15. The third-order valence-corrected chi connectivity index (χ3v) is 5.70. The maximum atomic E-state index is 13.0. The molecule has 30 heavy (non-hydrogen) atoms. The molecular weight excluding hydrogens is 378 g/mol. The second-order valence-corrected chi connectivity index (χ2v) is 7.65. The highest BCUT2D eigenvalue weighted by molar-refractivity contribution is 6.09. The molecule has 6 heteroatoms. The molecule has 0 aliphatic carbocycles. The lowest BCUT2D eigenvalue weighted by atomic mass is 10.1. The smallest absolute Gasteiger partial charge is 0.239 e. The predicted molar refractivity (Wildman–Crippen MR) is 117 cm³/mol. The van der Waals surface area contributed by atoms with Crippen LogP contribution in [0.25, 0.3) is 0 Å². The number of carbonyl (C=O) groups is 2. The largest absolute Gasteiger partial charge is 0.457 e. The molecule has 2 aliphatic rings. The SMILES string of the molecule is C=CCN1CCN(C(=O)C2CCN(c3ccc(Oc4ccccc4)cc3)C2=O)CC1. The Kier molecular flexibility index (Phi) is 6.14. The summed E-state index contributed by atoms with van der Waals surface area (Å²) in [6, 6.07) is 17.0.